The Morgan fingerprint density at radius 3 is 2.60 bits per heavy atom. The summed E-state index contributed by atoms with van der Waals surface area (Å²) in [7, 11) is 0. The van der Waals surface area contributed by atoms with Crippen molar-refractivity contribution in [2.75, 3.05) is 13.3 Å². The summed E-state index contributed by atoms with van der Waals surface area (Å²) in [5.74, 6) is -5.24. The maximum absolute atomic E-state index is 15.4. The van der Waals surface area contributed by atoms with Crippen molar-refractivity contribution in [2.24, 2.45) is 5.41 Å². The number of ether oxygens (including phenoxy) is 2. The van der Waals surface area contributed by atoms with E-state index in [1.165, 1.54) is 35.0 Å². The van der Waals surface area contributed by atoms with Crippen molar-refractivity contribution < 1.29 is 32.2 Å². The minimum Gasteiger partial charge on any atom is -0.451 e. The Hall–Kier alpha value is -4.15. The summed E-state index contributed by atoms with van der Waals surface area (Å²) >= 11 is 0. The maximum atomic E-state index is 15.4. The molecule has 2 aliphatic heterocycles. The van der Waals surface area contributed by atoms with Gasteiger partial charge >= 0.3 is 5.97 Å². The van der Waals surface area contributed by atoms with Crippen molar-refractivity contribution in [1.29, 1.82) is 0 Å². The number of rotatable bonds is 6. The first-order valence-corrected chi connectivity index (χ1v) is 12.9. The number of aromatic nitrogens is 2. The Morgan fingerprint density at radius 1 is 1.12 bits per heavy atom. The zero-order valence-corrected chi connectivity index (χ0v) is 22.2. The number of hydrogen-bond acceptors (Lipinski definition) is 6. The summed E-state index contributed by atoms with van der Waals surface area (Å²) in [5.41, 5.74) is -1.47. The highest BCUT2D eigenvalue weighted by atomic mass is 19.2. The van der Waals surface area contributed by atoms with E-state index in [0.29, 0.717) is 24.9 Å². The number of nitrogens with zero attached hydrogens (tertiary/aromatic N) is 3. The Kier molecular flexibility index (Phi) is 7.16. The van der Waals surface area contributed by atoms with Crippen molar-refractivity contribution in [1.82, 2.24) is 14.7 Å². The zero-order chi connectivity index (χ0) is 28.8. The molecule has 8 nitrogen and oxygen atoms in total. The van der Waals surface area contributed by atoms with Gasteiger partial charge in [-0.1, -0.05) is 24.3 Å². The number of halogens is 3. The van der Waals surface area contributed by atoms with Gasteiger partial charge in [0.2, 0.25) is 18.0 Å². The number of esters is 1. The number of carbonyl (C=O) groups excluding carboxylic acids is 2. The first-order valence-electron chi connectivity index (χ1n) is 12.9. The second kappa shape index (κ2) is 10.4. The van der Waals surface area contributed by atoms with Gasteiger partial charge in [-0.15, -0.1) is 0 Å². The molecule has 0 aliphatic carbocycles. The Labute approximate surface area is 228 Å². The van der Waals surface area contributed by atoms with Gasteiger partial charge in [-0.05, 0) is 57.4 Å². The van der Waals surface area contributed by atoms with Gasteiger partial charge in [-0.3, -0.25) is 19.1 Å². The van der Waals surface area contributed by atoms with Crippen LogP contribution in [-0.4, -0.2) is 45.9 Å². The van der Waals surface area contributed by atoms with E-state index in [1.807, 2.05) is 0 Å². The van der Waals surface area contributed by atoms with Crippen LogP contribution in [0.2, 0.25) is 0 Å². The molecule has 1 amide bonds. The molecule has 0 saturated carbocycles. The molecule has 210 valence electrons. The third kappa shape index (κ3) is 4.84. The summed E-state index contributed by atoms with van der Waals surface area (Å²) < 4.78 is 56.3. The van der Waals surface area contributed by atoms with Crippen LogP contribution in [0, 0.1) is 22.9 Å². The second-order valence-corrected chi connectivity index (χ2v) is 10.9. The molecule has 2 aromatic carbocycles. The first kappa shape index (κ1) is 27.4. The number of amides is 1. The molecule has 3 atom stereocenters. The van der Waals surface area contributed by atoms with E-state index in [9.17, 15) is 23.2 Å². The molecule has 40 heavy (non-hydrogen) atoms. The fourth-order valence-electron chi connectivity index (χ4n) is 5.45. The molecule has 1 unspecified atom stereocenters. The predicted molar refractivity (Wildman–Crippen MR) is 137 cm³/mol. The molecular formula is C29H28F3N3O5. The Morgan fingerprint density at radius 2 is 1.88 bits per heavy atom. The summed E-state index contributed by atoms with van der Waals surface area (Å²) in [4.78, 5) is 40.3. The van der Waals surface area contributed by atoms with E-state index < -0.39 is 65.0 Å². The number of fused-ring (bicyclic) bond motifs is 2. The molecular weight excluding hydrogens is 527 g/mol. The number of hydrogen-bond donors (Lipinski definition) is 0. The molecule has 3 heterocycles. The quantitative estimate of drug-likeness (QED) is 0.327. The second-order valence-electron chi connectivity index (χ2n) is 10.9. The monoisotopic (exact) mass is 555 g/mol. The van der Waals surface area contributed by atoms with Crippen LogP contribution in [0.25, 0.3) is 0 Å². The Bertz CT molecular complexity index is 1530. The number of benzene rings is 2. The van der Waals surface area contributed by atoms with Crippen LogP contribution in [0.15, 0.2) is 53.5 Å². The maximum Gasteiger partial charge on any atom is 0.314 e. The smallest absolute Gasteiger partial charge is 0.314 e. The van der Waals surface area contributed by atoms with Crippen molar-refractivity contribution in [3.8, 4) is 5.75 Å². The minimum atomic E-state index is -1.11. The fraction of sp³-hybridized carbons (Fsp3) is 0.379. The standard InChI is InChI=1S/C29H28F3N3O5/c1-29(2,3)28(38)40-15-39-26-21(36)14-33-35-24(20-11-6-12-34(20)27(37)25(26)35)22(16-7-4-8-17(30)13-16)18-9-5-10-19(31)23(18)32/h4-5,7-10,13-14,20,22,24H,6,11-12,15H2,1-3H3/t20-,22?,24-/m1/s1. The average molecular weight is 556 g/mol. The average Bonchev–Trinajstić information content (AvgIpc) is 3.39. The van der Waals surface area contributed by atoms with E-state index in [4.69, 9.17) is 9.47 Å². The molecule has 3 aromatic rings. The third-order valence-electron chi connectivity index (χ3n) is 7.28. The lowest BCUT2D eigenvalue weighted by Gasteiger charge is -2.42. The highest BCUT2D eigenvalue weighted by Gasteiger charge is 2.49. The van der Waals surface area contributed by atoms with Gasteiger partial charge in [0.25, 0.3) is 5.91 Å². The lowest BCUT2D eigenvalue weighted by Crippen LogP contribution is -2.51. The van der Waals surface area contributed by atoms with Crippen LogP contribution in [0.1, 0.15) is 67.2 Å². The van der Waals surface area contributed by atoms with E-state index in [-0.39, 0.29) is 17.0 Å². The highest BCUT2D eigenvalue weighted by molar-refractivity contribution is 5.96. The lowest BCUT2D eigenvalue weighted by atomic mass is 9.79. The SMILES string of the molecule is CC(C)(C)C(=O)OCOc1c2n(ncc1=O)[C@@H](C(c1cccc(F)c1)c1cccc(F)c1F)[C@H]1CCCN1C2=O. The molecule has 2 aliphatic rings. The van der Waals surface area contributed by atoms with Gasteiger partial charge < -0.3 is 14.4 Å². The van der Waals surface area contributed by atoms with Crippen molar-refractivity contribution in [3.63, 3.8) is 0 Å². The van der Waals surface area contributed by atoms with Gasteiger partial charge in [0.15, 0.2) is 17.3 Å². The van der Waals surface area contributed by atoms with Crippen LogP contribution in [0.4, 0.5) is 13.2 Å². The van der Waals surface area contributed by atoms with E-state index in [0.717, 1.165) is 12.3 Å². The summed E-state index contributed by atoms with van der Waals surface area (Å²) in [6, 6.07) is 7.92. The van der Waals surface area contributed by atoms with Crippen LogP contribution < -0.4 is 10.2 Å². The lowest BCUT2D eigenvalue weighted by molar-refractivity contribution is -0.159. The fourth-order valence-corrected chi connectivity index (χ4v) is 5.45. The normalized spacial score (nSPS) is 19.1. The van der Waals surface area contributed by atoms with Crippen LogP contribution >= 0.6 is 0 Å². The molecule has 1 saturated heterocycles. The van der Waals surface area contributed by atoms with Crippen molar-refractivity contribution in [3.05, 3.63) is 93.2 Å². The van der Waals surface area contributed by atoms with Gasteiger partial charge in [0, 0.05) is 18.0 Å². The summed E-state index contributed by atoms with van der Waals surface area (Å²) in [6.45, 7) is 4.67. The molecule has 1 aromatic heterocycles. The first-order chi connectivity index (χ1) is 19.0. The van der Waals surface area contributed by atoms with Crippen LogP contribution in [0.5, 0.6) is 5.75 Å². The van der Waals surface area contributed by atoms with Gasteiger partial charge in [0.1, 0.15) is 5.82 Å². The molecule has 1 fully saturated rings. The van der Waals surface area contributed by atoms with Gasteiger partial charge in [0.05, 0.1) is 23.7 Å². The summed E-state index contributed by atoms with van der Waals surface area (Å²) in [6.07, 6.45) is 2.10. The topological polar surface area (TPSA) is 90.7 Å². The molecule has 0 spiro atoms. The predicted octanol–water partition coefficient (Wildman–Crippen LogP) is 4.58. The molecule has 0 N–H and O–H groups in total. The highest BCUT2D eigenvalue weighted by Crippen LogP contribution is 2.46. The minimum absolute atomic E-state index is 0.0511. The number of carbonyl (C=O) groups is 2. The molecule has 0 bridgehead atoms. The van der Waals surface area contributed by atoms with Gasteiger partial charge in [-0.25, -0.2) is 13.2 Å². The van der Waals surface area contributed by atoms with Crippen molar-refractivity contribution in [2.45, 2.75) is 51.6 Å². The van der Waals surface area contributed by atoms with E-state index in [1.54, 1.807) is 31.7 Å². The van der Waals surface area contributed by atoms with Crippen LogP contribution in [0.3, 0.4) is 0 Å². The zero-order valence-electron chi connectivity index (χ0n) is 22.2. The molecule has 5 rings (SSSR count). The van der Waals surface area contributed by atoms with Crippen molar-refractivity contribution >= 4 is 11.9 Å². The summed E-state index contributed by atoms with van der Waals surface area (Å²) in [5, 5.41) is 4.26. The Balaban J connectivity index is 1.68. The third-order valence-corrected chi connectivity index (χ3v) is 7.28. The van der Waals surface area contributed by atoms with Gasteiger partial charge in [-0.2, -0.15) is 5.10 Å². The van der Waals surface area contributed by atoms with E-state index in [2.05, 4.69) is 5.10 Å². The molecule has 0 radical (unpaired) electrons. The van der Waals surface area contributed by atoms with Crippen LogP contribution in [-0.2, 0) is 9.53 Å². The largest absolute Gasteiger partial charge is 0.451 e. The molecule has 11 heteroatoms. The van der Waals surface area contributed by atoms with E-state index >= 15 is 4.39 Å².